The fraction of sp³-hybridized carbons (Fsp3) is 0.714. The zero-order chi connectivity index (χ0) is 12.5. The van der Waals surface area contributed by atoms with Gasteiger partial charge in [0.05, 0.1) is 49.4 Å². The minimum Gasteiger partial charge on any atom is -0.457 e. The van der Waals surface area contributed by atoms with Gasteiger partial charge in [-0.2, -0.15) is 0 Å². The van der Waals surface area contributed by atoms with E-state index in [1.807, 2.05) is 6.07 Å². The predicted octanol–water partition coefficient (Wildman–Crippen LogP) is -1.54. The summed E-state index contributed by atoms with van der Waals surface area (Å²) in [5.41, 5.74) is 0.165. The summed E-state index contributed by atoms with van der Waals surface area (Å²) in [7, 11) is 0. The zero-order valence-electron chi connectivity index (χ0n) is 11.1. The van der Waals surface area contributed by atoms with Crippen molar-refractivity contribution in [3.63, 3.8) is 0 Å². The Kier molecular flexibility index (Phi) is 1.95. The lowest BCUT2D eigenvalue weighted by atomic mass is 9.61. The quantitative estimate of drug-likeness (QED) is 0.566. The molecule has 0 unspecified atom stereocenters. The summed E-state index contributed by atoms with van der Waals surface area (Å²) in [5.74, 6) is 1.11. The van der Waals surface area contributed by atoms with Gasteiger partial charge in [-0.25, -0.2) is 0 Å². The normalized spacial score (nSPS) is 53.9. The molecule has 1 aromatic rings. The summed E-state index contributed by atoms with van der Waals surface area (Å²) in [5, 5.41) is 10.6. The van der Waals surface area contributed by atoms with Crippen molar-refractivity contribution in [1.29, 1.82) is 0 Å². The first-order valence-corrected chi connectivity index (χ1v) is 6.93. The molecule has 4 saturated heterocycles. The molecule has 4 fully saturated rings. The summed E-state index contributed by atoms with van der Waals surface area (Å²) < 4.78 is 5.65. The standard InChI is InChI=1S/C14H20N2O2/c1-13-6-15-8-14(2,12(13)17)9-16(7-13)11(15)10-4-3-5-18-10/h3-5,11-12,17H,6-9H2,1-2H3/p+2. The number of furan rings is 1. The molecule has 0 spiro atoms. The fourth-order valence-electron chi connectivity index (χ4n) is 5.11. The highest BCUT2D eigenvalue weighted by Crippen LogP contribution is 2.39. The van der Waals surface area contributed by atoms with Crippen LogP contribution in [0.5, 0.6) is 0 Å². The van der Waals surface area contributed by atoms with Crippen molar-refractivity contribution in [2.45, 2.75) is 26.1 Å². The summed E-state index contributed by atoms with van der Waals surface area (Å²) in [6.07, 6.45) is 2.07. The van der Waals surface area contributed by atoms with Gasteiger partial charge in [0.25, 0.3) is 6.17 Å². The Balaban J connectivity index is 1.75. The number of quaternary nitrogens is 2. The Morgan fingerprint density at radius 2 is 1.72 bits per heavy atom. The number of hydrogen-bond acceptors (Lipinski definition) is 2. The van der Waals surface area contributed by atoms with E-state index in [0.717, 1.165) is 31.9 Å². The maximum Gasteiger partial charge on any atom is 0.273 e. The minimum atomic E-state index is -0.143. The molecule has 0 atom stereocenters. The van der Waals surface area contributed by atoms with Crippen molar-refractivity contribution in [3.8, 4) is 0 Å². The molecule has 0 radical (unpaired) electrons. The molecule has 0 saturated carbocycles. The van der Waals surface area contributed by atoms with Crippen LogP contribution in [0.2, 0.25) is 0 Å². The molecule has 5 rings (SSSR count). The van der Waals surface area contributed by atoms with Crippen molar-refractivity contribution in [2.24, 2.45) is 10.8 Å². The van der Waals surface area contributed by atoms with Crippen LogP contribution in [0, 0.1) is 10.8 Å². The second-order valence-corrected chi connectivity index (χ2v) is 7.18. The van der Waals surface area contributed by atoms with E-state index >= 15 is 0 Å². The maximum absolute atomic E-state index is 10.6. The monoisotopic (exact) mass is 250 g/mol. The van der Waals surface area contributed by atoms with Crippen molar-refractivity contribution < 1.29 is 19.3 Å². The molecule has 5 heterocycles. The first-order valence-electron chi connectivity index (χ1n) is 6.93. The third-order valence-corrected chi connectivity index (χ3v) is 5.49. The maximum atomic E-state index is 10.6. The average molecular weight is 250 g/mol. The van der Waals surface area contributed by atoms with Crippen LogP contribution in [0.25, 0.3) is 0 Å². The second-order valence-electron chi connectivity index (χ2n) is 7.18. The smallest absolute Gasteiger partial charge is 0.273 e. The zero-order valence-corrected chi connectivity index (χ0v) is 11.1. The molecule has 4 aliphatic rings. The second kappa shape index (κ2) is 3.18. The fourth-order valence-corrected chi connectivity index (χ4v) is 5.11. The number of piperidine rings is 2. The highest BCUT2D eigenvalue weighted by molar-refractivity contribution is 5.05. The van der Waals surface area contributed by atoms with Crippen LogP contribution in [0.4, 0.5) is 0 Å². The van der Waals surface area contributed by atoms with Crippen molar-refractivity contribution in [3.05, 3.63) is 24.2 Å². The number of hydrogen-bond donors (Lipinski definition) is 3. The van der Waals surface area contributed by atoms with E-state index < -0.39 is 0 Å². The molecule has 98 valence electrons. The minimum absolute atomic E-state index is 0.0824. The van der Waals surface area contributed by atoms with Crippen molar-refractivity contribution in [1.82, 2.24) is 0 Å². The first kappa shape index (κ1) is 11.0. The van der Waals surface area contributed by atoms with Crippen LogP contribution >= 0.6 is 0 Å². The SMILES string of the molecule is CC12C[NH+]3CC(C)(C[NH+](C1)C3c1ccco1)C2O. The van der Waals surface area contributed by atoms with Crippen LogP contribution in [-0.4, -0.2) is 37.4 Å². The lowest BCUT2D eigenvalue weighted by molar-refractivity contribution is -1.19. The summed E-state index contributed by atoms with van der Waals surface area (Å²) in [6, 6.07) is 4.09. The third kappa shape index (κ3) is 1.21. The molecule has 0 aromatic carbocycles. The van der Waals surface area contributed by atoms with E-state index in [4.69, 9.17) is 4.42 Å². The molecule has 4 aliphatic heterocycles. The Bertz CT molecular complexity index is 432. The summed E-state index contributed by atoms with van der Waals surface area (Å²) in [4.78, 5) is 3.18. The molecule has 18 heavy (non-hydrogen) atoms. The predicted molar refractivity (Wildman–Crippen MR) is 65.1 cm³/mol. The molecular formula is C14H22N2O2+2. The Morgan fingerprint density at radius 1 is 1.17 bits per heavy atom. The topological polar surface area (TPSA) is 42.2 Å². The molecular weight excluding hydrogens is 228 g/mol. The van der Waals surface area contributed by atoms with Gasteiger partial charge in [0.2, 0.25) is 5.76 Å². The number of nitrogens with one attached hydrogen (secondary N) is 2. The van der Waals surface area contributed by atoms with E-state index in [0.29, 0.717) is 6.17 Å². The average Bonchev–Trinajstić information content (AvgIpc) is 2.77. The van der Waals surface area contributed by atoms with Crippen LogP contribution in [-0.2, 0) is 0 Å². The van der Waals surface area contributed by atoms with Gasteiger partial charge in [-0.1, -0.05) is 0 Å². The lowest BCUT2D eigenvalue weighted by Gasteiger charge is -2.62. The molecule has 4 bridgehead atoms. The van der Waals surface area contributed by atoms with E-state index in [2.05, 4.69) is 19.9 Å². The van der Waals surface area contributed by atoms with E-state index in [9.17, 15) is 5.11 Å². The van der Waals surface area contributed by atoms with Gasteiger partial charge < -0.3 is 9.52 Å². The van der Waals surface area contributed by atoms with Gasteiger partial charge in [0, 0.05) is 0 Å². The number of aliphatic hydroxyl groups is 1. The summed E-state index contributed by atoms with van der Waals surface area (Å²) >= 11 is 0. The Morgan fingerprint density at radius 3 is 2.17 bits per heavy atom. The van der Waals surface area contributed by atoms with Gasteiger partial charge in [0.15, 0.2) is 0 Å². The van der Waals surface area contributed by atoms with Gasteiger partial charge in [-0.3, -0.25) is 9.80 Å². The third-order valence-electron chi connectivity index (χ3n) is 5.49. The highest BCUT2D eigenvalue weighted by Gasteiger charge is 2.68. The van der Waals surface area contributed by atoms with Crippen LogP contribution in [0.1, 0.15) is 25.8 Å². The van der Waals surface area contributed by atoms with Crippen molar-refractivity contribution >= 4 is 0 Å². The molecule has 4 nitrogen and oxygen atoms in total. The molecule has 0 aliphatic carbocycles. The van der Waals surface area contributed by atoms with Crippen LogP contribution in [0.3, 0.4) is 0 Å². The van der Waals surface area contributed by atoms with Crippen molar-refractivity contribution in [2.75, 3.05) is 26.2 Å². The summed E-state index contributed by atoms with van der Waals surface area (Å²) in [6.45, 7) is 8.79. The number of aliphatic hydroxyl groups excluding tert-OH is 1. The van der Waals surface area contributed by atoms with Gasteiger partial charge in [-0.15, -0.1) is 0 Å². The van der Waals surface area contributed by atoms with Gasteiger partial charge in [-0.05, 0) is 26.0 Å². The highest BCUT2D eigenvalue weighted by atomic mass is 16.3. The van der Waals surface area contributed by atoms with E-state index in [-0.39, 0.29) is 16.9 Å². The molecule has 0 amide bonds. The van der Waals surface area contributed by atoms with Gasteiger partial charge in [0.1, 0.15) is 0 Å². The molecule has 3 N–H and O–H groups in total. The molecule has 1 aromatic heterocycles. The van der Waals surface area contributed by atoms with E-state index in [1.165, 1.54) is 0 Å². The van der Waals surface area contributed by atoms with Gasteiger partial charge >= 0.3 is 0 Å². The Hall–Kier alpha value is -0.840. The van der Waals surface area contributed by atoms with Crippen LogP contribution in [0.15, 0.2) is 22.8 Å². The Labute approximate surface area is 107 Å². The number of rotatable bonds is 1. The first-order chi connectivity index (χ1) is 8.52. The largest absolute Gasteiger partial charge is 0.457 e. The lowest BCUT2D eigenvalue weighted by Crippen LogP contribution is -3.41. The molecule has 4 heteroatoms. The van der Waals surface area contributed by atoms with Crippen LogP contribution < -0.4 is 9.80 Å². The van der Waals surface area contributed by atoms with E-state index in [1.54, 1.807) is 16.1 Å².